The van der Waals surface area contributed by atoms with Crippen LogP contribution in [-0.4, -0.2) is 36.9 Å². The number of nitrogens with one attached hydrogen (secondary N) is 2. The van der Waals surface area contributed by atoms with Crippen LogP contribution in [0, 0.1) is 0 Å². The van der Waals surface area contributed by atoms with Gasteiger partial charge in [-0.1, -0.05) is 23.2 Å². The van der Waals surface area contributed by atoms with Crippen molar-refractivity contribution in [3.63, 3.8) is 0 Å². The zero-order valence-electron chi connectivity index (χ0n) is 10.7. The number of anilines is 1. The van der Waals surface area contributed by atoms with Crippen molar-refractivity contribution < 1.29 is 19.4 Å². The molecule has 3 N–H and O–H groups in total. The zero-order chi connectivity index (χ0) is 15.1. The molecule has 110 valence electrons. The van der Waals surface area contributed by atoms with Crippen LogP contribution in [0.4, 0.5) is 10.5 Å². The third-order valence-corrected chi connectivity index (χ3v) is 2.95. The van der Waals surface area contributed by atoms with Crippen LogP contribution >= 0.6 is 23.2 Å². The van der Waals surface area contributed by atoms with Gasteiger partial charge in [-0.25, -0.2) is 4.79 Å². The minimum absolute atomic E-state index is 0.0693. The lowest BCUT2D eigenvalue weighted by Gasteiger charge is -2.14. The van der Waals surface area contributed by atoms with Gasteiger partial charge in [0.05, 0.1) is 23.2 Å². The van der Waals surface area contributed by atoms with Crippen molar-refractivity contribution in [1.82, 2.24) is 5.32 Å². The largest absolute Gasteiger partial charge is 0.481 e. The maximum atomic E-state index is 11.6. The summed E-state index contributed by atoms with van der Waals surface area (Å²) in [6.45, 7) is 0.0693. The van der Waals surface area contributed by atoms with Crippen molar-refractivity contribution in [2.75, 3.05) is 19.0 Å². The molecule has 0 radical (unpaired) electrons. The number of aliphatic carboxylic acids is 1. The fourth-order valence-corrected chi connectivity index (χ4v) is 1.85. The number of hydrogen-bond donors (Lipinski definition) is 3. The summed E-state index contributed by atoms with van der Waals surface area (Å²) in [5, 5.41) is 14.4. The van der Waals surface area contributed by atoms with E-state index in [1.807, 2.05) is 0 Å². The quantitative estimate of drug-likeness (QED) is 0.751. The molecule has 0 aromatic heterocycles. The number of benzene rings is 1. The monoisotopic (exact) mass is 320 g/mol. The summed E-state index contributed by atoms with van der Waals surface area (Å²) < 4.78 is 4.93. The van der Waals surface area contributed by atoms with Gasteiger partial charge in [-0.3, -0.25) is 4.79 Å². The molecule has 1 aromatic rings. The van der Waals surface area contributed by atoms with Crippen LogP contribution in [0.1, 0.15) is 6.42 Å². The molecule has 0 saturated heterocycles. The first-order valence-electron chi connectivity index (χ1n) is 5.67. The summed E-state index contributed by atoms with van der Waals surface area (Å²) in [4.78, 5) is 22.2. The van der Waals surface area contributed by atoms with E-state index in [0.717, 1.165) is 0 Å². The average Bonchev–Trinajstić information content (AvgIpc) is 2.37. The predicted octanol–water partition coefficient (Wildman–Crippen LogP) is 2.60. The Morgan fingerprint density at radius 3 is 2.65 bits per heavy atom. The highest BCUT2D eigenvalue weighted by Gasteiger charge is 2.14. The topological polar surface area (TPSA) is 87.7 Å². The molecule has 20 heavy (non-hydrogen) atoms. The summed E-state index contributed by atoms with van der Waals surface area (Å²) >= 11 is 11.6. The normalized spacial score (nSPS) is 11.8. The lowest BCUT2D eigenvalue weighted by molar-refractivity contribution is -0.139. The Kier molecular flexibility index (Phi) is 6.57. The Morgan fingerprint density at radius 2 is 2.10 bits per heavy atom. The van der Waals surface area contributed by atoms with E-state index in [0.29, 0.717) is 15.7 Å². The number of carbonyl (C=O) groups is 2. The molecule has 0 aliphatic carbocycles. The number of carboxylic acid groups (broad SMARTS) is 1. The fourth-order valence-electron chi connectivity index (χ4n) is 1.40. The van der Waals surface area contributed by atoms with Crippen LogP contribution in [0.15, 0.2) is 18.2 Å². The highest BCUT2D eigenvalue weighted by molar-refractivity contribution is 6.36. The Balaban J connectivity index is 2.49. The summed E-state index contributed by atoms with van der Waals surface area (Å²) in [6, 6.07) is 4.14. The molecule has 0 fully saturated rings. The van der Waals surface area contributed by atoms with E-state index in [-0.39, 0.29) is 13.0 Å². The number of urea groups is 1. The Morgan fingerprint density at radius 1 is 1.40 bits per heavy atom. The van der Waals surface area contributed by atoms with E-state index >= 15 is 0 Å². The molecule has 2 amide bonds. The number of amides is 2. The van der Waals surface area contributed by atoms with Gasteiger partial charge in [0.1, 0.15) is 0 Å². The first kappa shape index (κ1) is 16.6. The van der Waals surface area contributed by atoms with Gasteiger partial charge in [0.25, 0.3) is 0 Å². The van der Waals surface area contributed by atoms with E-state index in [4.69, 9.17) is 33.0 Å². The van der Waals surface area contributed by atoms with Gasteiger partial charge >= 0.3 is 12.0 Å². The second-order valence-corrected chi connectivity index (χ2v) is 4.76. The van der Waals surface area contributed by atoms with Crippen molar-refractivity contribution in [2.24, 2.45) is 0 Å². The number of carbonyl (C=O) groups excluding carboxylic acids is 1. The summed E-state index contributed by atoms with van der Waals surface area (Å²) in [5.74, 6) is -1.00. The standard InChI is InChI=1S/C12H14Cl2N2O4/c1-20-8(5-11(17)18)6-15-12(19)16-10-3-2-7(13)4-9(10)14/h2-4,8H,5-6H2,1H3,(H,17,18)(H2,15,16,19). The fraction of sp³-hybridized carbons (Fsp3) is 0.333. The minimum Gasteiger partial charge on any atom is -0.481 e. The van der Waals surface area contributed by atoms with E-state index in [1.165, 1.54) is 13.2 Å². The van der Waals surface area contributed by atoms with Gasteiger partial charge in [-0.15, -0.1) is 0 Å². The van der Waals surface area contributed by atoms with Gasteiger partial charge in [0.15, 0.2) is 0 Å². The van der Waals surface area contributed by atoms with Crippen LogP contribution < -0.4 is 10.6 Å². The molecule has 1 aromatic carbocycles. The van der Waals surface area contributed by atoms with Gasteiger partial charge in [0.2, 0.25) is 0 Å². The summed E-state index contributed by atoms with van der Waals surface area (Å²) in [6.07, 6.45) is -0.794. The maximum absolute atomic E-state index is 11.6. The predicted molar refractivity (Wildman–Crippen MR) is 76.5 cm³/mol. The van der Waals surface area contributed by atoms with Gasteiger partial charge < -0.3 is 20.5 Å². The third-order valence-electron chi connectivity index (χ3n) is 2.41. The lowest BCUT2D eigenvalue weighted by atomic mass is 10.2. The molecule has 0 heterocycles. The molecular formula is C12H14Cl2N2O4. The highest BCUT2D eigenvalue weighted by Crippen LogP contribution is 2.25. The van der Waals surface area contributed by atoms with Crippen LogP contribution in [0.3, 0.4) is 0 Å². The number of rotatable bonds is 6. The van der Waals surface area contributed by atoms with E-state index in [9.17, 15) is 9.59 Å². The van der Waals surface area contributed by atoms with Gasteiger partial charge in [0, 0.05) is 18.7 Å². The molecule has 6 nitrogen and oxygen atoms in total. The Labute approximate surface area is 126 Å². The maximum Gasteiger partial charge on any atom is 0.319 e. The number of halogens is 2. The first-order chi connectivity index (χ1) is 9.42. The molecule has 1 atom stereocenters. The number of carboxylic acids is 1. The molecule has 0 aliphatic heterocycles. The van der Waals surface area contributed by atoms with Gasteiger partial charge in [-0.05, 0) is 18.2 Å². The van der Waals surface area contributed by atoms with Crippen LogP contribution in [0.5, 0.6) is 0 Å². The molecule has 0 bridgehead atoms. The molecular weight excluding hydrogens is 307 g/mol. The molecule has 1 unspecified atom stereocenters. The highest BCUT2D eigenvalue weighted by atomic mass is 35.5. The number of hydrogen-bond acceptors (Lipinski definition) is 3. The van der Waals surface area contributed by atoms with E-state index < -0.39 is 18.1 Å². The second-order valence-electron chi connectivity index (χ2n) is 3.91. The van der Waals surface area contributed by atoms with Crippen LogP contribution in [0.25, 0.3) is 0 Å². The van der Waals surface area contributed by atoms with Crippen LogP contribution in [-0.2, 0) is 9.53 Å². The van der Waals surface area contributed by atoms with Crippen molar-refractivity contribution in [3.8, 4) is 0 Å². The van der Waals surface area contributed by atoms with Crippen molar-refractivity contribution in [2.45, 2.75) is 12.5 Å². The number of methoxy groups -OCH3 is 1. The number of ether oxygens (including phenoxy) is 1. The lowest BCUT2D eigenvalue weighted by Crippen LogP contribution is -2.37. The summed E-state index contributed by atoms with van der Waals surface area (Å²) in [5.41, 5.74) is 0.403. The zero-order valence-corrected chi connectivity index (χ0v) is 12.2. The third kappa shape index (κ3) is 5.64. The van der Waals surface area contributed by atoms with E-state index in [2.05, 4.69) is 10.6 Å². The molecule has 0 saturated carbocycles. The van der Waals surface area contributed by atoms with Crippen molar-refractivity contribution in [1.29, 1.82) is 0 Å². The Bertz CT molecular complexity index is 496. The molecule has 0 spiro atoms. The minimum atomic E-state index is -1.00. The Hall–Kier alpha value is -1.50. The molecule has 1 rings (SSSR count). The smallest absolute Gasteiger partial charge is 0.319 e. The average molecular weight is 321 g/mol. The molecule has 0 aliphatic rings. The first-order valence-corrected chi connectivity index (χ1v) is 6.42. The van der Waals surface area contributed by atoms with Crippen LogP contribution in [0.2, 0.25) is 10.0 Å². The second kappa shape index (κ2) is 7.94. The van der Waals surface area contributed by atoms with E-state index in [1.54, 1.807) is 12.1 Å². The van der Waals surface area contributed by atoms with Crippen molar-refractivity contribution >= 4 is 40.9 Å². The van der Waals surface area contributed by atoms with Gasteiger partial charge in [-0.2, -0.15) is 0 Å². The van der Waals surface area contributed by atoms with Crippen molar-refractivity contribution in [3.05, 3.63) is 28.2 Å². The molecule has 8 heteroatoms. The summed E-state index contributed by atoms with van der Waals surface area (Å²) in [7, 11) is 1.38. The SMILES string of the molecule is COC(CNC(=O)Nc1ccc(Cl)cc1Cl)CC(=O)O.